The van der Waals surface area contributed by atoms with Crippen LogP contribution in [0.3, 0.4) is 0 Å². The number of hydrogen-bond donors (Lipinski definition) is 2. The van der Waals surface area contributed by atoms with Gasteiger partial charge in [0, 0.05) is 12.7 Å². The predicted octanol–water partition coefficient (Wildman–Crippen LogP) is 3.04. The highest BCUT2D eigenvalue weighted by Crippen LogP contribution is 2.49. The average molecular weight is 410 g/mol. The van der Waals surface area contributed by atoms with E-state index < -0.39 is 34.7 Å². The number of hydrogen-bond acceptors (Lipinski definition) is 5. The quantitative estimate of drug-likeness (QED) is 0.532. The zero-order chi connectivity index (χ0) is 20.9. The highest BCUT2D eigenvalue weighted by atomic mass is 35.5. The maximum atomic E-state index is 13.6. The molecule has 3 unspecified atom stereocenters. The Morgan fingerprint density at radius 3 is 2.79 bits per heavy atom. The second-order valence-electron chi connectivity index (χ2n) is 7.76. The number of aliphatic carboxylic acids is 1. The van der Waals surface area contributed by atoms with E-state index in [0.717, 1.165) is 0 Å². The Labute approximate surface area is 166 Å². The van der Waals surface area contributed by atoms with Gasteiger partial charge in [-0.05, 0) is 32.4 Å². The predicted molar refractivity (Wildman–Crippen MR) is 100 cm³/mol. The van der Waals surface area contributed by atoms with Crippen LogP contribution in [0.4, 0.5) is 4.39 Å². The van der Waals surface area contributed by atoms with Crippen LogP contribution in [0.1, 0.15) is 32.4 Å². The minimum Gasteiger partial charge on any atom is -0.477 e. The minimum atomic E-state index is -1.53. The molecule has 0 saturated carbocycles. The topological polar surface area (TPSA) is 104 Å². The molecule has 1 fully saturated rings. The average Bonchev–Trinajstić information content (AvgIpc) is 2.77. The van der Waals surface area contributed by atoms with Gasteiger partial charge >= 0.3 is 5.97 Å². The summed E-state index contributed by atoms with van der Waals surface area (Å²) in [5.41, 5.74) is -2.49. The summed E-state index contributed by atoms with van der Waals surface area (Å²) < 4.78 is 18.9. The molecule has 1 aliphatic heterocycles. The second kappa shape index (κ2) is 6.84. The van der Waals surface area contributed by atoms with E-state index in [-0.39, 0.29) is 30.0 Å². The van der Waals surface area contributed by atoms with Gasteiger partial charge in [0.2, 0.25) is 11.8 Å². The van der Waals surface area contributed by atoms with Crippen LogP contribution in [0.15, 0.2) is 24.4 Å². The molecule has 0 bridgehead atoms. The van der Waals surface area contributed by atoms with E-state index in [1.54, 1.807) is 25.1 Å². The summed E-state index contributed by atoms with van der Waals surface area (Å²) >= 11 is 6.20. The number of carbonyl (C=O) groups excluding carboxylic acids is 1. The van der Waals surface area contributed by atoms with E-state index in [0.29, 0.717) is 5.56 Å². The third kappa shape index (κ3) is 3.37. The van der Waals surface area contributed by atoms with Crippen LogP contribution in [0.25, 0.3) is 0 Å². The number of nitrogens with zero attached hydrogens (tertiary/aromatic N) is 2. The van der Waals surface area contributed by atoms with Gasteiger partial charge in [0.15, 0.2) is 0 Å². The smallest absolute Gasteiger partial charge is 0.350 e. The molecular formula is C19H21ClFN3O4. The molecule has 150 valence electrons. The Bertz CT molecular complexity index is 882. The molecule has 3 atom stereocenters. The molecule has 3 rings (SSSR count). The third-order valence-corrected chi connectivity index (χ3v) is 5.40. The highest BCUT2D eigenvalue weighted by molar-refractivity contribution is 6.38. The number of amides is 1. The Hall–Kier alpha value is -2.48. The van der Waals surface area contributed by atoms with Gasteiger partial charge in [-0.25, -0.2) is 14.2 Å². The van der Waals surface area contributed by atoms with Gasteiger partial charge in [-0.3, -0.25) is 10.2 Å². The Kier molecular flexibility index (Phi) is 4.95. The van der Waals surface area contributed by atoms with Crippen molar-refractivity contribution in [3.8, 4) is 5.88 Å². The molecular weight excluding hydrogens is 389 g/mol. The lowest BCUT2D eigenvalue weighted by Crippen LogP contribution is -2.45. The van der Waals surface area contributed by atoms with E-state index in [1.165, 1.54) is 24.9 Å². The van der Waals surface area contributed by atoms with E-state index in [2.05, 4.69) is 4.98 Å². The number of rotatable bonds is 7. The standard InChI is InChI=1S/C19H21ClFN3O4/c1-10(11-6-13(20)15(23-7-11)28-9-18(2,3)21)24-8-19(14(22)17(26)27)5-4-12(19)16(24)25/h4-7,10,12,22H,8-9H2,1-3H3,(H,26,27). The fourth-order valence-corrected chi connectivity index (χ4v) is 3.69. The molecule has 2 aliphatic rings. The number of alkyl halides is 1. The lowest BCUT2D eigenvalue weighted by atomic mass is 9.66. The molecule has 0 spiro atoms. The molecule has 9 heteroatoms. The van der Waals surface area contributed by atoms with E-state index in [9.17, 15) is 19.1 Å². The molecule has 2 N–H and O–H groups in total. The monoisotopic (exact) mass is 409 g/mol. The maximum absolute atomic E-state index is 13.6. The van der Waals surface area contributed by atoms with Gasteiger partial charge in [0.05, 0.1) is 17.4 Å². The van der Waals surface area contributed by atoms with Crippen molar-refractivity contribution in [2.75, 3.05) is 13.2 Å². The molecule has 28 heavy (non-hydrogen) atoms. The van der Waals surface area contributed by atoms with Gasteiger partial charge in [-0.1, -0.05) is 23.8 Å². The summed E-state index contributed by atoms with van der Waals surface area (Å²) in [6.45, 7) is 4.43. The lowest BCUT2D eigenvalue weighted by molar-refractivity contribution is -0.131. The summed E-state index contributed by atoms with van der Waals surface area (Å²) in [6, 6.07) is 1.16. The summed E-state index contributed by atoms with van der Waals surface area (Å²) in [5, 5.41) is 17.3. The molecule has 2 heterocycles. The second-order valence-corrected chi connectivity index (χ2v) is 8.17. The SMILES string of the molecule is CC(c1cnc(OCC(C)(C)F)c(Cl)c1)N1CC2(C(=N)C(=O)O)C=CC2C1=O. The van der Waals surface area contributed by atoms with Crippen LogP contribution in [0.5, 0.6) is 5.88 Å². The molecule has 1 aromatic rings. The molecule has 0 radical (unpaired) electrons. The van der Waals surface area contributed by atoms with Crippen LogP contribution in [0, 0.1) is 16.7 Å². The van der Waals surface area contributed by atoms with Gasteiger partial charge in [0.1, 0.15) is 23.0 Å². The molecule has 1 saturated heterocycles. The van der Waals surface area contributed by atoms with Crippen LogP contribution in [-0.4, -0.2) is 51.4 Å². The summed E-state index contributed by atoms with van der Waals surface area (Å²) in [6.07, 6.45) is 4.74. The summed E-state index contributed by atoms with van der Waals surface area (Å²) in [4.78, 5) is 29.7. The first-order chi connectivity index (χ1) is 13.0. The van der Waals surface area contributed by atoms with Crippen molar-refractivity contribution >= 4 is 29.2 Å². The van der Waals surface area contributed by atoms with Gasteiger partial charge < -0.3 is 14.7 Å². The van der Waals surface area contributed by atoms with Crippen molar-refractivity contribution in [3.05, 3.63) is 35.0 Å². The highest BCUT2D eigenvalue weighted by Gasteiger charge is 2.59. The Morgan fingerprint density at radius 2 is 2.29 bits per heavy atom. The summed E-state index contributed by atoms with van der Waals surface area (Å²) in [5.74, 6) is -2.12. The first-order valence-electron chi connectivity index (χ1n) is 8.75. The van der Waals surface area contributed by atoms with Crippen molar-refractivity contribution in [2.45, 2.75) is 32.5 Å². The number of halogens is 2. The number of pyridine rings is 1. The fourth-order valence-electron chi connectivity index (χ4n) is 3.46. The van der Waals surface area contributed by atoms with Crippen molar-refractivity contribution in [1.82, 2.24) is 9.88 Å². The number of carboxylic acids is 1. The number of ether oxygens (including phenoxy) is 1. The number of carbonyl (C=O) groups is 2. The van der Waals surface area contributed by atoms with E-state index >= 15 is 0 Å². The summed E-state index contributed by atoms with van der Waals surface area (Å²) in [7, 11) is 0. The first-order valence-corrected chi connectivity index (χ1v) is 9.13. The van der Waals surface area contributed by atoms with Gasteiger partial charge in [-0.15, -0.1) is 0 Å². The molecule has 7 nitrogen and oxygen atoms in total. The zero-order valence-corrected chi connectivity index (χ0v) is 16.5. The van der Waals surface area contributed by atoms with Crippen LogP contribution in [-0.2, 0) is 9.59 Å². The van der Waals surface area contributed by atoms with Crippen LogP contribution < -0.4 is 4.74 Å². The third-order valence-electron chi connectivity index (χ3n) is 5.13. The zero-order valence-electron chi connectivity index (χ0n) is 15.7. The van der Waals surface area contributed by atoms with Crippen molar-refractivity contribution in [3.63, 3.8) is 0 Å². The van der Waals surface area contributed by atoms with Crippen molar-refractivity contribution in [2.24, 2.45) is 11.3 Å². The number of nitrogens with one attached hydrogen (secondary N) is 1. The van der Waals surface area contributed by atoms with Gasteiger partial charge in [0.25, 0.3) is 0 Å². The number of aromatic nitrogens is 1. The molecule has 1 amide bonds. The fraction of sp³-hybridized carbons (Fsp3) is 0.474. The maximum Gasteiger partial charge on any atom is 0.350 e. The van der Waals surface area contributed by atoms with Crippen LogP contribution >= 0.6 is 11.6 Å². The normalized spacial score (nSPS) is 24.5. The molecule has 1 aliphatic carbocycles. The number of carboxylic acid groups (broad SMARTS) is 1. The van der Waals surface area contributed by atoms with Crippen LogP contribution in [0.2, 0.25) is 5.02 Å². The number of fused-ring (bicyclic) bond motifs is 1. The number of likely N-dealkylation sites (tertiary alicyclic amines) is 1. The first kappa shape index (κ1) is 20.3. The Balaban J connectivity index is 1.79. The van der Waals surface area contributed by atoms with Gasteiger partial charge in [-0.2, -0.15) is 0 Å². The lowest BCUT2D eigenvalue weighted by Gasteiger charge is -2.34. The van der Waals surface area contributed by atoms with Crippen molar-refractivity contribution < 1.29 is 23.8 Å². The molecule has 1 aromatic heterocycles. The minimum absolute atomic E-state index is 0.0990. The van der Waals surface area contributed by atoms with Crippen molar-refractivity contribution in [1.29, 1.82) is 5.41 Å². The largest absolute Gasteiger partial charge is 0.477 e. The van der Waals surface area contributed by atoms with E-state index in [1.807, 2.05) is 0 Å². The molecule has 0 aromatic carbocycles. The van der Waals surface area contributed by atoms with E-state index in [4.69, 9.17) is 21.7 Å². The Morgan fingerprint density at radius 1 is 1.61 bits per heavy atom.